The Labute approximate surface area is 91.5 Å². The number of pyridine rings is 1. The number of rotatable bonds is 1. The Hall–Kier alpha value is -2.17. The summed E-state index contributed by atoms with van der Waals surface area (Å²) in [5, 5.41) is 0. The minimum absolute atomic E-state index is 0.0493. The van der Waals surface area contributed by atoms with Crippen LogP contribution in [-0.4, -0.2) is 15.3 Å². The Bertz CT molecular complexity index is 643. The Morgan fingerprint density at radius 1 is 1.38 bits per heavy atom. The topological polar surface area (TPSA) is 77.5 Å². The van der Waals surface area contributed by atoms with Crippen molar-refractivity contribution in [3.63, 3.8) is 0 Å². The molecular weight excluding hydrogens is 206 g/mol. The summed E-state index contributed by atoms with van der Waals surface area (Å²) in [6, 6.07) is 5.29. The fourth-order valence-electron chi connectivity index (χ4n) is 1.73. The second-order valence-corrected chi connectivity index (χ2v) is 3.60. The highest BCUT2D eigenvalue weighted by atomic mass is 16.2. The summed E-state index contributed by atoms with van der Waals surface area (Å²) in [4.78, 5) is 27.4. The minimum Gasteiger partial charge on any atom is -0.365 e. The van der Waals surface area contributed by atoms with Gasteiger partial charge in [-0.15, -0.1) is 0 Å². The zero-order chi connectivity index (χ0) is 11.9. The van der Waals surface area contributed by atoms with E-state index < -0.39 is 11.5 Å². The fraction of sp³-hybridized carbons (Fsp3) is 0.182. The molecule has 16 heavy (non-hydrogen) atoms. The molecule has 5 heteroatoms. The number of fused-ring (bicyclic) bond motifs is 1. The van der Waals surface area contributed by atoms with Crippen LogP contribution in [0.4, 0.5) is 0 Å². The maximum Gasteiger partial charge on any atom is 0.271 e. The van der Waals surface area contributed by atoms with Crippen molar-refractivity contribution in [1.29, 1.82) is 0 Å². The number of aromatic nitrogens is 2. The predicted molar refractivity (Wildman–Crippen MR) is 59.5 cm³/mol. The normalized spacial score (nSPS) is 10.6. The van der Waals surface area contributed by atoms with Crippen LogP contribution >= 0.6 is 0 Å². The molecule has 2 rings (SSSR count). The van der Waals surface area contributed by atoms with Gasteiger partial charge < -0.3 is 5.73 Å². The lowest BCUT2D eigenvalue weighted by Crippen LogP contribution is -2.29. The first kappa shape index (κ1) is 10.4. The van der Waals surface area contributed by atoms with Gasteiger partial charge in [0.15, 0.2) is 0 Å². The standard InChI is InChI=1S/C11H11N3O2/c1-6-4-3-5-8-13-7(2)9(10(12)15)11(16)14(6)8/h3-5H,1-2H3,(H2,12,15). The van der Waals surface area contributed by atoms with Gasteiger partial charge in [-0.25, -0.2) is 4.98 Å². The molecule has 0 aliphatic rings. The summed E-state index contributed by atoms with van der Waals surface area (Å²) >= 11 is 0. The highest BCUT2D eigenvalue weighted by molar-refractivity contribution is 5.93. The smallest absolute Gasteiger partial charge is 0.271 e. The first-order valence-electron chi connectivity index (χ1n) is 4.81. The second-order valence-electron chi connectivity index (χ2n) is 3.60. The van der Waals surface area contributed by atoms with Crippen molar-refractivity contribution >= 4 is 11.6 Å². The summed E-state index contributed by atoms with van der Waals surface area (Å²) in [7, 11) is 0. The summed E-state index contributed by atoms with van der Waals surface area (Å²) < 4.78 is 1.38. The van der Waals surface area contributed by atoms with Gasteiger partial charge in [0.25, 0.3) is 11.5 Å². The lowest BCUT2D eigenvalue weighted by atomic mass is 10.2. The Morgan fingerprint density at radius 3 is 2.69 bits per heavy atom. The van der Waals surface area contributed by atoms with Gasteiger partial charge >= 0.3 is 0 Å². The van der Waals surface area contributed by atoms with Crippen LogP contribution in [0.25, 0.3) is 5.65 Å². The van der Waals surface area contributed by atoms with Gasteiger partial charge in [-0.05, 0) is 26.0 Å². The van der Waals surface area contributed by atoms with Gasteiger partial charge in [-0.2, -0.15) is 0 Å². The lowest BCUT2D eigenvalue weighted by Gasteiger charge is -2.07. The van der Waals surface area contributed by atoms with E-state index in [1.54, 1.807) is 32.0 Å². The van der Waals surface area contributed by atoms with Crippen LogP contribution in [0.2, 0.25) is 0 Å². The molecule has 0 unspecified atom stereocenters. The van der Waals surface area contributed by atoms with E-state index in [-0.39, 0.29) is 5.56 Å². The number of aryl methyl sites for hydroxylation is 2. The predicted octanol–water partition coefficient (Wildman–Crippen LogP) is 0.410. The van der Waals surface area contributed by atoms with E-state index in [2.05, 4.69) is 4.98 Å². The van der Waals surface area contributed by atoms with E-state index in [0.717, 1.165) is 5.69 Å². The maximum absolute atomic E-state index is 12.0. The number of hydrogen-bond acceptors (Lipinski definition) is 3. The Balaban J connectivity index is 3.03. The second kappa shape index (κ2) is 3.44. The molecule has 0 saturated heterocycles. The zero-order valence-corrected chi connectivity index (χ0v) is 9.02. The molecule has 0 aliphatic heterocycles. The molecule has 0 atom stereocenters. The molecule has 0 radical (unpaired) electrons. The third kappa shape index (κ3) is 1.37. The number of primary amides is 1. The average molecular weight is 217 g/mol. The van der Waals surface area contributed by atoms with Crippen molar-refractivity contribution in [2.45, 2.75) is 13.8 Å². The minimum atomic E-state index is -0.743. The number of amides is 1. The molecule has 2 N–H and O–H groups in total. The third-order valence-electron chi connectivity index (χ3n) is 2.47. The van der Waals surface area contributed by atoms with Crippen LogP contribution in [0.1, 0.15) is 21.7 Å². The maximum atomic E-state index is 12.0. The lowest BCUT2D eigenvalue weighted by molar-refractivity contribution is 0.0997. The van der Waals surface area contributed by atoms with Gasteiger partial charge in [0.1, 0.15) is 11.2 Å². The SMILES string of the molecule is Cc1nc2cccc(C)n2c(=O)c1C(N)=O. The summed E-state index contributed by atoms with van der Waals surface area (Å²) in [6.45, 7) is 3.38. The van der Waals surface area contributed by atoms with E-state index in [1.165, 1.54) is 4.40 Å². The molecule has 0 saturated carbocycles. The molecule has 2 aromatic rings. The van der Waals surface area contributed by atoms with Gasteiger partial charge in [-0.1, -0.05) is 6.07 Å². The van der Waals surface area contributed by atoms with Crippen LogP contribution in [0, 0.1) is 13.8 Å². The van der Waals surface area contributed by atoms with Crippen LogP contribution in [0.5, 0.6) is 0 Å². The van der Waals surface area contributed by atoms with E-state index in [4.69, 9.17) is 5.73 Å². The number of nitrogens with two attached hydrogens (primary N) is 1. The molecule has 5 nitrogen and oxygen atoms in total. The van der Waals surface area contributed by atoms with Crippen molar-refractivity contribution < 1.29 is 4.79 Å². The van der Waals surface area contributed by atoms with E-state index in [0.29, 0.717) is 11.3 Å². The summed E-state index contributed by atoms with van der Waals surface area (Å²) in [6.07, 6.45) is 0. The van der Waals surface area contributed by atoms with Crippen molar-refractivity contribution in [3.05, 3.63) is 45.5 Å². The van der Waals surface area contributed by atoms with Gasteiger partial charge in [-0.3, -0.25) is 14.0 Å². The summed E-state index contributed by atoms with van der Waals surface area (Å²) in [5.74, 6) is -0.743. The van der Waals surface area contributed by atoms with E-state index in [9.17, 15) is 9.59 Å². The zero-order valence-electron chi connectivity index (χ0n) is 9.02. The van der Waals surface area contributed by atoms with Crippen LogP contribution in [-0.2, 0) is 0 Å². The Kier molecular flexibility index (Phi) is 2.23. The highest BCUT2D eigenvalue weighted by Gasteiger charge is 2.14. The van der Waals surface area contributed by atoms with Crippen LogP contribution in [0.15, 0.2) is 23.0 Å². The molecule has 0 fully saturated rings. The van der Waals surface area contributed by atoms with Crippen LogP contribution < -0.4 is 11.3 Å². The van der Waals surface area contributed by atoms with E-state index in [1.807, 2.05) is 0 Å². The van der Waals surface area contributed by atoms with E-state index >= 15 is 0 Å². The van der Waals surface area contributed by atoms with Crippen molar-refractivity contribution in [3.8, 4) is 0 Å². The van der Waals surface area contributed by atoms with Crippen molar-refractivity contribution in [2.75, 3.05) is 0 Å². The Morgan fingerprint density at radius 2 is 2.06 bits per heavy atom. The highest BCUT2D eigenvalue weighted by Crippen LogP contribution is 2.05. The molecule has 2 aromatic heterocycles. The molecule has 0 aliphatic carbocycles. The number of hydrogen-bond donors (Lipinski definition) is 1. The fourth-order valence-corrected chi connectivity index (χ4v) is 1.73. The van der Waals surface area contributed by atoms with Gasteiger partial charge in [0.2, 0.25) is 0 Å². The molecule has 82 valence electrons. The number of nitrogens with zero attached hydrogens (tertiary/aromatic N) is 2. The van der Waals surface area contributed by atoms with Crippen molar-refractivity contribution in [1.82, 2.24) is 9.38 Å². The largest absolute Gasteiger partial charge is 0.365 e. The molecule has 0 bridgehead atoms. The first-order chi connectivity index (χ1) is 7.52. The van der Waals surface area contributed by atoms with Crippen molar-refractivity contribution in [2.24, 2.45) is 5.73 Å². The quantitative estimate of drug-likeness (QED) is 0.751. The number of carbonyl (C=O) groups is 1. The molecule has 1 amide bonds. The molecular formula is C11H11N3O2. The molecule has 0 aromatic carbocycles. The van der Waals surface area contributed by atoms with Gasteiger partial charge in [0.05, 0.1) is 5.69 Å². The molecule has 0 spiro atoms. The third-order valence-corrected chi connectivity index (χ3v) is 2.47. The molecule has 2 heterocycles. The monoisotopic (exact) mass is 217 g/mol. The summed E-state index contributed by atoms with van der Waals surface area (Å²) in [5.41, 5.74) is 6.31. The average Bonchev–Trinajstić information content (AvgIpc) is 2.15. The van der Waals surface area contributed by atoms with Gasteiger partial charge in [0, 0.05) is 5.69 Å². The van der Waals surface area contributed by atoms with Crippen LogP contribution in [0.3, 0.4) is 0 Å². The first-order valence-corrected chi connectivity index (χ1v) is 4.81. The number of carbonyl (C=O) groups excluding carboxylic acids is 1.